The zero-order valence-corrected chi connectivity index (χ0v) is 10.9. The fraction of sp³-hybridized carbons (Fsp3) is 0.643. The van der Waals surface area contributed by atoms with E-state index in [0.717, 1.165) is 12.1 Å². The second-order valence-electron chi connectivity index (χ2n) is 4.94. The summed E-state index contributed by atoms with van der Waals surface area (Å²) in [5, 5.41) is 9.04. The van der Waals surface area contributed by atoms with E-state index in [1.54, 1.807) is 6.07 Å². The van der Waals surface area contributed by atoms with Gasteiger partial charge in [-0.15, -0.1) is 0 Å². The summed E-state index contributed by atoms with van der Waals surface area (Å²) in [6.07, 6.45) is 7.84. The van der Waals surface area contributed by atoms with Crippen molar-refractivity contribution in [2.75, 3.05) is 6.54 Å². The lowest BCUT2D eigenvalue weighted by atomic mass is 9.94. The van der Waals surface area contributed by atoms with Crippen LogP contribution < -0.4 is 0 Å². The Balaban J connectivity index is 2.04. The van der Waals surface area contributed by atoms with Gasteiger partial charge >= 0.3 is 5.97 Å². The molecular weight excluding hydrogens is 230 g/mol. The van der Waals surface area contributed by atoms with E-state index in [2.05, 4.69) is 11.8 Å². The molecule has 1 aromatic heterocycles. The number of hydrogen-bond donors (Lipinski definition) is 1. The van der Waals surface area contributed by atoms with Gasteiger partial charge in [0.15, 0.2) is 0 Å². The van der Waals surface area contributed by atoms with Crippen LogP contribution in [0.4, 0.5) is 0 Å². The zero-order chi connectivity index (χ0) is 13.0. The first-order chi connectivity index (χ1) is 8.72. The van der Waals surface area contributed by atoms with E-state index >= 15 is 0 Å². The van der Waals surface area contributed by atoms with Crippen LogP contribution in [0.25, 0.3) is 0 Å². The maximum Gasteiger partial charge on any atom is 0.372 e. The van der Waals surface area contributed by atoms with Gasteiger partial charge in [-0.2, -0.15) is 0 Å². The van der Waals surface area contributed by atoms with Crippen molar-refractivity contribution in [1.82, 2.24) is 4.90 Å². The van der Waals surface area contributed by atoms with E-state index in [4.69, 9.17) is 9.52 Å². The Morgan fingerprint density at radius 3 is 2.78 bits per heavy atom. The summed E-state index contributed by atoms with van der Waals surface area (Å²) in [5.41, 5.74) is 0.787. The van der Waals surface area contributed by atoms with Crippen molar-refractivity contribution >= 4 is 5.97 Å². The fourth-order valence-electron chi connectivity index (χ4n) is 2.81. The van der Waals surface area contributed by atoms with Gasteiger partial charge in [0.05, 0.1) is 6.26 Å². The Labute approximate surface area is 108 Å². The Kier molecular flexibility index (Phi) is 4.42. The molecule has 18 heavy (non-hydrogen) atoms. The molecule has 1 N–H and O–H groups in total. The van der Waals surface area contributed by atoms with Crippen LogP contribution in [0.3, 0.4) is 0 Å². The Morgan fingerprint density at radius 2 is 2.17 bits per heavy atom. The van der Waals surface area contributed by atoms with Crippen molar-refractivity contribution in [2.24, 2.45) is 0 Å². The van der Waals surface area contributed by atoms with E-state index in [9.17, 15) is 4.79 Å². The molecule has 0 saturated heterocycles. The summed E-state index contributed by atoms with van der Waals surface area (Å²) in [7, 11) is 0. The first kappa shape index (κ1) is 13.1. The van der Waals surface area contributed by atoms with Crippen LogP contribution in [0.1, 0.15) is 55.1 Å². The van der Waals surface area contributed by atoms with Crippen LogP contribution in [0.2, 0.25) is 0 Å². The molecule has 100 valence electrons. The molecule has 0 bridgehead atoms. The van der Waals surface area contributed by atoms with Gasteiger partial charge in [0.2, 0.25) is 5.76 Å². The maximum atomic E-state index is 11.0. The summed E-state index contributed by atoms with van der Waals surface area (Å²) in [6.45, 7) is 3.77. The van der Waals surface area contributed by atoms with Crippen LogP contribution in [-0.4, -0.2) is 28.6 Å². The van der Waals surface area contributed by atoms with Crippen LogP contribution >= 0.6 is 0 Å². The molecule has 0 aromatic carbocycles. The molecule has 0 radical (unpaired) electrons. The van der Waals surface area contributed by atoms with Crippen molar-refractivity contribution in [3.63, 3.8) is 0 Å². The highest BCUT2D eigenvalue weighted by molar-refractivity contribution is 5.86. The second-order valence-corrected chi connectivity index (χ2v) is 4.94. The highest BCUT2D eigenvalue weighted by Crippen LogP contribution is 2.24. The molecule has 2 rings (SSSR count). The molecule has 4 heteroatoms. The van der Waals surface area contributed by atoms with Crippen LogP contribution in [-0.2, 0) is 6.54 Å². The molecule has 0 atom stereocenters. The molecule has 1 saturated carbocycles. The molecule has 1 aliphatic rings. The number of carbonyl (C=O) groups is 1. The molecular formula is C14H21NO3. The highest BCUT2D eigenvalue weighted by Gasteiger charge is 2.22. The van der Waals surface area contributed by atoms with Gasteiger partial charge < -0.3 is 9.52 Å². The van der Waals surface area contributed by atoms with Crippen LogP contribution in [0.5, 0.6) is 0 Å². The largest absolute Gasteiger partial charge is 0.475 e. The third-order valence-electron chi connectivity index (χ3n) is 3.81. The Bertz CT molecular complexity index is 393. The number of carboxylic acids is 1. The molecule has 1 heterocycles. The monoisotopic (exact) mass is 251 g/mol. The minimum atomic E-state index is -0.977. The molecule has 4 nitrogen and oxygen atoms in total. The topological polar surface area (TPSA) is 53.7 Å². The highest BCUT2D eigenvalue weighted by atomic mass is 16.4. The average molecular weight is 251 g/mol. The molecule has 1 fully saturated rings. The maximum absolute atomic E-state index is 11.0. The van der Waals surface area contributed by atoms with Gasteiger partial charge in [0.25, 0.3) is 0 Å². The molecule has 1 aliphatic carbocycles. The van der Waals surface area contributed by atoms with Crippen LogP contribution in [0, 0.1) is 0 Å². The molecule has 0 unspecified atom stereocenters. The van der Waals surface area contributed by atoms with Crippen molar-refractivity contribution in [3.8, 4) is 0 Å². The van der Waals surface area contributed by atoms with E-state index in [-0.39, 0.29) is 5.76 Å². The molecule has 0 aliphatic heterocycles. The minimum Gasteiger partial charge on any atom is -0.475 e. The number of hydrogen-bond acceptors (Lipinski definition) is 3. The first-order valence-corrected chi connectivity index (χ1v) is 6.76. The third-order valence-corrected chi connectivity index (χ3v) is 3.81. The lowest BCUT2D eigenvalue weighted by Crippen LogP contribution is -2.36. The van der Waals surface area contributed by atoms with Gasteiger partial charge in [-0.05, 0) is 25.5 Å². The van der Waals surface area contributed by atoms with E-state index in [1.165, 1.54) is 38.4 Å². The predicted molar refractivity (Wildman–Crippen MR) is 68.6 cm³/mol. The summed E-state index contributed by atoms with van der Waals surface area (Å²) < 4.78 is 5.03. The lowest BCUT2D eigenvalue weighted by molar-refractivity contribution is 0.0657. The third kappa shape index (κ3) is 2.93. The predicted octanol–water partition coefficient (Wildman–Crippen LogP) is 3.13. The van der Waals surface area contributed by atoms with E-state index in [0.29, 0.717) is 12.6 Å². The SMILES string of the molecule is CCN(Cc1ccoc1C(=O)O)C1CCCCC1. The van der Waals surface area contributed by atoms with Gasteiger partial charge in [0.1, 0.15) is 0 Å². The van der Waals surface area contributed by atoms with Gasteiger partial charge in [-0.25, -0.2) is 4.79 Å². The zero-order valence-electron chi connectivity index (χ0n) is 10.9. The van der Waals surface area contributed by atoms with Crippen molar-refractivity contribution in [3.05, 3.63) is 23.7 Å². The quantitative estimate of drug-likeness (QED) is 0.873. The van der Waals surface area contributed by atoms with Gasteiger partial charge in [0, 0.05) is 18.2 Å². The molecule has 0 amide bonds. The smallest absolute Gasteiger partial charge is 0.372 e. The normalized spacial score (nSPS) is 17.2. The van der Waals surface area contributed by atoms with Crippen molar-refractivity contribution in [1.29, 1.82) is 0 Å². The van der Waals surface area contributed by atoms with Crippen molar-refractivity contribution in [2.45, 2.75) is 51.6 Å². The summed E-state index contributed by atoms with van der Waals surface area (Å²) in [6, 6.07) is 2.37. The number of nitrogens with zero attached hydrogens (tertiary/aromatic N) is 1. The standard InChI is InChI=1S/C14H21NO3/c1-2-15(12-6-4-3-5-7-12)10-11-8-9-18-13(11)14(16)17/h8-9,12H,2-7,10H2,1H3,(H,16,17). The Hall–Kier alpha value is -1.29. The number of rotatable bonds is 5. The first-order valence-electron chi connectivity index (χ1n) is 6.76. The number of aromatic carboxylic acids is 1. The average Bonchev–Trinajstić information content (AvgIpc) is 2.85. The fourth-order valence-corrected chi connectivity index (χ4v) is 2.81. The number of carboxylic acid groups (broad SMARTS) is 1. The van der Waals surface area contributed by atoms with Crippen LogP contribution in [0.15, 0.2) is 16.7 Å². The van der Waals surface area contributed by atoms with Crippen molar-refractivity contribution < 1.29 is 14.3 Å². The van der Waals surface area contributed by atoms with E-state index < -0.39 is 5.97 Å². The summed E-state index contributed by atoms with van der Waals surface area (Å²) >= 11 is 0. The summed E-state index contributed by atoms with van der Waals surface area (Å²) in [4.78, 5) is 13.4. The molecule has 1 aromatic rings. The number of furan rings is 1. The van der Waals surface area contributed by atoms with E-state index in [1.807, 2.05) is 0 Å². The van der Waals surface area contributed by atoms with Gasteiger partial charge in [-0.1, -0.05) is 26.2 Å². The summed E-state index contributed by atoms with van der Waals surface area (Å²) in [5.74, 6) is -0.890. The Morgan fingerprint density at radius 1 is 1.44 bits per heavy atom. The molecule has 0 spiro atoms. The minimum absolute atomic E-state index is 0.0873. The second kappa shape index (κ2) is 6.05. The lowest BCUT2D eigenvalue weighted by Gasteiger charge is -2.33. The van der Waals surface area contributed by atoms with Gasteiger partial charge in [-0.3, -0.25) is 4.90 Å².